The van der Waals surface area contributed by atoms with E-state index in [0.29, 0.717) is 50.0 Å². The lowest BCUT2D eigenvalue weighted by Gasteiger charge is -2.29. The summed E-state index contributed by atoms with van der Waals surface area (Å²) in [4.78, 5) is 103. The van der Waals surface area contributed by atoms with E-state index < -0.39 is 89.7 Å². The maximum absolute atomic E-state index is 14.3. The predicted molar refractivity (Wildman–Crippen MR) is 222 cm³/mol. The number of nitrogens with one attached hydrogen (secondary N) is 8. The van der Waals surface area contributed by atoms with Crippen LogP contribution in [-0.4, -0.2) is 122 Å². The van der Waals surface area contributed by atoms with Crippen molar-refractivity contribution in [2.75, 3.05) is 13.1 Å². The summed E-state index contributed by atoms with van der Waals surface area (Å²) >= 11 is 0. The number of amides is 6. The van der Waals surface area contributed by atoms with E-state index in [9.17, 15) is 43.8 Å². The number of benzene rings is 1. The van der Waals surface area contributed by atoms with Crippen LogP contribution in [0.4, 0.5) is 0 Å². The highest BCUT2D eigenvalue weighted by molar-refractivity contribution is 5.97. The number of aliphatic hydroxyl groups excluding tert-OH is 1. The van der Waals surface area contributed by atoms with Gasteiger partial charge in [0.05, 0.1) is 12.4 Å². The first kappa shape index (κ1) is 48.5. The van der Waals surface area contributed by atoms with Crippen LogP contribution in [-0.2, 0) is 46.4 Å². The molecule has 0 radical (unpaired) electrons. The molecule has 0 bridgehead atoms. The maximum Gasteiger partial charge on any atom is 0.326 e. The number of aliphatic carboxylic acids is 1. The molecule has 7 atom stereocenters. The number of carboxylic acids is 1. The van der Waals surface area contributed by atoms with Gasteiger partial charge in [0.25, 0.3) is 0 Å². The number of aromatic nitrogens is 3. The second-order valence-electron chi connectivity index (χ2n) is 15.1. The fourth-order valence-electron chi connectivity index (χ4n) is 6.56. The molecule has 0 unspecified atom stereocenters. The van der Waals surface area contributed by atoms with E-state index in [-0.39, 0.29) is 25.7 Å². The number of hydrogen-bond donors (Lipinski definition) is 12. The smallest absolute Gasteiger partial charge is 0.326 e. The summed E-state index contributed by atoms with van der Waals surface area (Å²) in [5.41, 5.74) is 13.2. The van der Waals surface area contributed by atoms with E-state index >= 15 is 0 Å². The van der Waals surface area contributed by atoms with E-state index in [0.717, 1.165) is 10.9 Å². The summed E-state index contributed by atoms with van der Waals surface area (Å²) in [6.45, 7) is 6.54. The molecule has 6 amide bonds. The molecule has 20 nitrogen and oxygen atoms in total. The van der Waals surface area contributed by atoms with Gasteiger partial charge < -0.3 is 63.5 Å². The monoisotopic (exact) mass is 839 g/mol. The number of imidazole rings is 1. The van der Waals surface area contributed by atoms with Crippen molar-refractivity contribution in [3.8, 4) is 0 Å². The van der Waals surface area contributed by atoms with Crippen LogP contribution in [0.15, 0.2) is 43.0 Å². The first-order valence-corrected chi connectivity index (χ1v) is 20.2. The zero-order valence-electron chi connectivity index (χ0n) is 34.6. The predicted octanol–water partition coefficient (Wildman–Crippen LogP) is -1.02. The first-order valence-electron chi connectivity index (χ1n) is 20.2. The summed E-state index contributed by atoms with van der Waals surface area (Å²) in [6, 6.07) is -0.378. The van der Waals surface area contributed by atoms with Gasteiger partial charge >= 0.3 is 5.97 Å². The summed E-state index contributed by atoms with van der Waals surface area (Å²) in [5.74, 6) is -6.26. The van der Waals surface area contributed by atoms with E-state index in [1.807, 2.05) is 24.3 Å². The third-order valence-corrected chi connectivity index (χ3v) is 9.86. The first-order chi connectivity index (χ1) is 28.6. The highest BCUT2D eigenvalue weighted by atomic mass is 16.4. The van der Waals surface area contributed by atoms with Crippen LogP contribution in [0.3, 0.4) is 0 Å². The van der Waals surface area contributed by atoms with Crippen LogP contribution in [0.1, 0.15) is 77.5 Å². The number of nitrogens with zero attached hydrogens (tertiary/aromatic N) is 1. The van der Waals surface area contributed by atoms with E-state index in [1.165, 1.54) is 26.4 Å². The van der Waals surface area contributed by atoms with Gasteiger partial charge in [-0.3, -0.25) is 28.8 Å². The highest BCUT2D eigenvalue weighted by Crippen LogP contribution is 2.20. The second-order valence-corrected chi connectivity index (χ2v) is 15.1. The number of nitrogens with two attached hydrogens (primary N) is 2. The van der Waals surface area contributed by atoms with Crippen LogP contribution in [0.5, 0.6) is 0 Å². The molecule has 0 aliphatic carbocycles. The average molecular weight is 840 g/mol. The van der Waals surface area contributed by atoms with Crippen LogP contribution in [0.25, 0.3) is 10.9 Å². The molecule has 0 aliphatic rings. The van der Waals surface area contributed by atoms with Crippen molar-refractivity contribution >= 4 is 52.3 Å². The zero-order valence-corrected chi connectivity index (χ0v) is 34.6. The lowest BCUT2D eigenvalue weighted by atomic mass is 9.99. The Kier molecular flexibility index (Phi) is 19.6. The molecule has 0 spiro atoms. The molecule has 14 N–H and O–H groups in total. The van der Waals surface area contributed by atoms with Crippen molar-refractivity contribution in [1.82, 2.24) is 46.9 Å². The Balaban J connectivity index is 1.89. The molecule has 2 aromatic heterocycles. The normalized spacial score (nSPS) is 14.8. The number of carboxylic acid groups (broad SMARTS) is 1. The molecular weight excluding hydrogens is 779 g/mol. The van der Waals surface area contributed by atoms with E-state index in [2.05, 4.69) is 46.9 Å². The molecule has 1 aromatic carbocycles. The van der Waals surface area contributed by atoms with Gasteiger partial charge in [-0.15, -0.1) is 0 Å². The number of unbranched alkanes of at least 4 members (excludes halogenated alkanes) is 2. The number of hydrogen-bond acceptors (Lipinski definition) is 11. The Morgan fingerprint density at radius 2 is 1.23 bits per heavy atom. The lowest BCUT2D eigenvalue weighted by Crippen LogP contribution is -2.62. The fourth-order valence-corrected chi connectivity index (χ4v) is 6.56. The Hall–Kier alpha value is -5.86. The second kappa shape index (κ2) is 24.3. The molecule has 330 valence electrons. The van der Waals surface area contributed by atoms with Crippen molar-refractivity contribution in [2.45, 2.75) is 121 Å². The van der Waals surface area contributed by atoms with Crippen molar-refractivity contribution in [3.63, 3.8) is 0 Å². The SMILES string of the molecule is CC(=O)N[C@@H](CCCCN)C(=O)N[C@@H](CCCCN)C(=O)N[C@@H](Cc1c[nH]c2ccccc12)C(=O)N[C@H](C(=O)N[C@H](C(=O)N[C@@H](Cc1cnc[nH]1)C(=O)O)[C@@H](C)O)C(C)C. The average Bonchev–Trinajstić information content (AvgIpc) is 3.87. The summed E-state index contributed by atoms with van der Waals surface area (Å²) in [6.07, 6.45) is 5.38. The number of fused-ring (bicyclic) bond motifs is 1. The molecule has 20 heteroatoms. The molecule has 2 heterocycles. The molecule has 3 rings (SSSR count). The van der Waals surface area contributed by atoms with Crippen molar-refractivity contribution < 1.29 is 43.8 Å². The quantitative estimate of drug-likeness (QED) is 0.0433. The largest absolute Gasteiger partial charge is 0.480 e. The minimum atomic E-state index is -1.62. The minimum Gasteiger partial charge on any atom is -0.480 e. The number of aliphatic hydroxyl groups is 1. The van der Waals surface area contributed by atoms with Crippen molar-refractivity contribution in [2.24, 2.45) is 17.4 Å². The van der Waals surface area contributed by atoms with Crippen LogP contribution in [0, 0.1) is 5.92 Å². The van der Waals surface area contributed by atoms with E-state index in [1.54, 1.807) is 20.0 Å². The number of rotatable bonds is 26. The Labute approximate surface area is 348 Å². The van der Waals surface area contributed by atoms with E-state index in [4.69, 9.17) is 11.5 Å². The van der Waals surface area contributed by atoms with Gasteiger partial charge in [-0.05, 0) is 76.1 Å². The number of carbonyl (C=O) groups is 7. The number of para-hydroxylation sites is 1. The van der Waals surface area contributed by atoms with Gasteiger partial charge in [0, 0.05) is 48.8 Å². The Morgan fingerprint density at radius 1 is 0.683 bits per heavy atom. The van der Waals surface area contributed by atoms with Gasteiger partial charge in [-0.1, -0.05) is 32.0 Å². The van der Waals surface area contributed by atoms with Gasteiger partial charge in [0.2, 0.25) is 35.4 Å². The molecule has 60 heavy (non-hydrogen) atoms. The minimum absolute atomic E-state index is 0.0449. The zero-order chi connectivity index (χ0) is 44.4. The summed E-state index contributed by atoms with van der Waals surface area (Å²) in [5, 5.41) is 36.7. The highest BCUT2D eigenvalue weighted by Gasteiger charge is 2.36. The standard InChI is InChI=1S/C40H61N11O9/c1-22(2)33(38(57)51-34(23(3)52)39(58)49-32(40(59)60)18-26-20-43-21-45-26)50-37(56)31(17-25-19-44-28-12-6-5-11-27(25)28)48-36(55)30(14-8-10-16-42)47-35(54)29(46-24(4)53)13-7-9-15-41/h5-6,11-12,19-23,29-34,44,52H,7-10,13-18,41-42H2,1-4H3,(H,43,45)(H,46,53)(H,47,54)(H,48,55)(H,49,58)(H,50,56)(H,51,57)(H,59,60)/t23-,29+,30+,31+,32+,33+,34+/m1/s1. The third-order valence-electron chi connectivity index (χ3n) is 9.86. The Morgan fingerprint density at radius 3 is 1.78 bits per heavy atom. The number of carbonyl (C=O) groups excluding carboxylic acids is 6. The van der Waals surface area contributed by atoms with Crippen molar-refractivity contribution in [3.05, 3.63) is 54.2 Å². The van der Waals surface area contributed by atoms with Crippen LogP contribution in [0.2, 0.25) is 0 Å². The molecular formula is C40H61N11O9. The Bertz CT molecular complexity index is 1880. The van der Waals surface area contributed by atoms with Gasteiger partial charge in [-0.2, -0.15) is 0 Å². The van der Waals surface area contributed by atoms with Crippen LogP contribution < -0.4 is 43.4 Å². The third kappa shape index (κ3) is 15.1. The molecule has 0 saturated carbocycles. The maximum atomic E-state index is 14.3. The topological polar surface area (TPSA) is 329 Å². The molecule has 0 saturated heterocycles. The lowest BCUT2D eigenvalue weighted by molar-refractivity contribution is -0.143. The molecule has 0 fully saturated rings. The summed E-state index contributed by atoms with van der Waals surface area (Å²) < 4.78 is 0. The molecule has 0 aliphatic heterocycles. The van der Waals surface area contributed by atoms with Gasteiger partial charge in [-0.25, -0.2) is 9.78 Å². The molecule has 3 aromatic rings. The summed E-state index contributed by atoms with van der Waals surface area (Å²) in [7, 11) is 0. The number of H-pyrrole nitrogens is 2. The fraction of sp³-hybridized carbons (Fsp3) is 0.550. The number of aromatic amines is 2. The van der Waals surface area contributed by atoms with Gasteiger partial charge in [0.1, 0.15) is 36.3 Å². The van der Waals surface area contributed by atoms with Crippen molar-refractivity contribution in [1.29, 1.82) is 0 Å². The van der Waals surface area contributed by atoms with Crippen LogP contribution >= 0.6 is 0 Å². The van der Waals surface area contributed by atoms with Gasteiger partial charge in [0.15, 0.2) is 0 Å².